The van der Waals surface area contributed by atoms with Gasteiger partial charge in [-0.1, -0.05) is 12.1 Å². The predicted molar refractivity (Wildman–Crippen MR) is 109 cm³/mol. The topological polar surface area (TPSA) is 78.4 Å². The molecule has 0 aliphatic heterocycles. The number of nitrogens with zero attached hydrogens (tertiary/aromatic N) is 1. The van der Waals surface area contributed by atoms with Gasteiger partial charge in [-0.15, -0.1) is 0 Å². The summed E-state index contributed by atoms with van der Waals surface area (Å²) >= 11 is 0. The van der Waals surface area contributed by atoms with Crippen molar-refractivity contribution in [1.82, 2.24) is 5.20 Å². The van der Waals surface area contributed by atoms with E-state index in [1.807, 2.05) is 43.3 Å². The van der Waals surface area contributed by atoms with E-state index in [2.05, 4.69) is 10.3 Å². The SMILES string of the molecule is CCOc1ccc(/C=N/NPOc2ccc(CP(=O)(OC)OC)cc2)cc1. The zero-order valence-corrected chi connectivity index (χ0v) is 17.4. The summed E-state index contributed by atoms with van der Waals surface area (Å²) in [5.74, 6) is 1.52. The summed E-state index contributed by atoms with van der Waals surface area (Å²) in [4.78, 5) is 0. The highest BCUT2D eigenvalue weighted by Gasteiger charge is 2.21. The monoisotopic (exact) mass is 410 g/mol. The quantitative estimate of drug-likeness (QED) is 0.253. The molecule has 0 aromatic heterocycles. The van der Waals surface area contributed by atoms with Gasteiger partial charge < -0.3 is 18.3 Å². The van der Waals surface area contributed by atoms with E-state index in [4.69, 9.17) is 18.3 Å². The van der Waals surface area contributed by atoms with E-state index in [0.717, 1.165) is 16.9 Å². The first-order valence-corrected chi connectivity index (χ1v) is 10.9. The fourth-order valence-electron chi connectivity index (χ4n) is 2.12. The number of hydrogen-bond donors (Lipinski definition) is 1. The van der Waals surface area contributed by atoms with E-state index in [1.54, 1.807) is 18.3 Å². The number of ether oxygens (including phenoxy) is 1. The predicted octanol–water partition coefficient (Wildman–Crippen LogP) is 4.58. The van der Waals surface area contributed by atoms with E-state index in [0.29, 0.717) is 12.4 Å². The second-order valence-corrected chi connectivity index (χ2v) is 8.25. The Morgan fingerprint density at radius 1 is 1.04 bits per heavy atom. The second kappa shape index (κ2) is 11.1. The summed E-state index contributed by atoms with van der Waals surface area (Å²) in [6.07, 6.45) is 1.93. The van der Waals surface area contributed by atoms with Gasteiger partial charge in [0.1, 0.15) is 11.5 Å². The Labute approximate surface area is 161 Å². The van der Waals surface area contributed by atoms with Gasteiger partial charge in [-0.05, 0) is 54.4 Å². The molecule has 0 amide bonds. The number of nitrogens with one attached hydrogen (secondary N) is 1. The molecule has 9 heteroatoms. The van der Waals surface area contributed by atoms with E-state index in [9.17, 15) is 4.57 Å². The molecule has 0 saturated heterocycles. The third-order valence-corrected chi connectivity index (χ3v) is 5.96. The third kappa shape index (κ3) is 7.31. The summed E-state index contributed by atoms with van der Waals surface area (Å²) in [7, 11) is -0.340. The second-order valence-electron chi connectivity index (χ2n) is 5.35. The van der Waals surface area contributed by atoms with Gasteiger partial charge >= 0.3 is 7.60 Å². The van der Waals surface area contributed by atoms with Gasteiger partial charge in [0.2, 0.25) is 0 Å². The molecule has 2 aromatic carbocycles. The molecule has 27 heavy (non-hydrogen) atoms. The number of rotatable bonds is 11. The molecule has 0 bridgehead atoms. The van der Waals surface area contributed by atoms with Crippen molar-refractivity contribution in [1.29, 1.82) is 0 Å². The van der Waals surface area contributed by atoms with Crippen LogP contribution in [0.1, 0.15) is 18.1 Å². The van der Waals surface area contributed by atoms with E-state index >= 15 is 0 Å². The van der Waals surface area contributed by atoms with E-state index in [-0.39, 0.29) is 15.1 Å². The molecule has 2 aromatic rings. The van der Waals surface area contributed by atoms with Crippen LogP contribution in [0.15, 0.2) is 53.6 Å². The van der Waals surface area contributed by atoms with Gasteiger partial charge in [-0.25, -0.2) is 0 Å². The molecule has 1 unspecified atom stereocenters. The van der Waals surface area contributed by atoms with Crippen molar-refractivity contribution >= 4 is 22.8 Å². The molecule has 0 aliphatic rings. The molecule has 0 fully saturated rings. The molecule has 146 valence electrons. The molecule has 7 nitrogen and oxygen atoms in total. The maximum atomic E-state index is 12.1. The van der Waals surface area contributed by atoms with E-state index < -0.39 is 7.60 Å². The fourth-order valence-corrected chi connectivity index (χ4v) is 3.60. The Morgan fingerprint density at radius 2 is 1.67 bits per heavy atom. The normalized spacial score (nSPS) is 12.0. The smallest absolute Gasteiger partial charge is 0.334 e. The van der Waals surface area contributed by atoms with Crippen molar-refractivity contribution in [3.05, 3.63) is 59.7 Å². The Hall–Kier alpha value is -1.91. The van der Waals surface area contributed by atoms with Crippen molar-refractivity contribution in [3.63, 3.8) is 0 Å². The van der Waals surface area contributed by atoms with Gasteiger partial charge in [0.05, 0.1) is 19.0 Å². The zero-order chi connectivity index (χ0) is 19.5. The van der Waals surface area contributed by atoms with Crippen LogP contribution in [-0.4, -0.2) is 27.0 Å². The maximum absolute atomic E-state index is 12.1. The number of hydrazone groups is 1. The summed E-state index contributed by atoms with van der Waals surface area (Å²) < 4.78 is 33.0. The van der Waals surface area contributed by atoms with Crippen LogP contribution < -0.4 is 14.5 Å². The van der Waals surface area contributed by atoms with Crippen LogP contribution in [0, 0.1) is 0 Å². The average Bonchev–Trinajstić information content (AvgIpc) is 2.70. The first-order chi connectivity index (χ1) is 13.1. The van der Waals surface area contributed by atoms with Crippen molar-refractivity contribution < 1.29 is 22.9 Å². The molecular formula is C18H24N2O5P2. The summed E-state index contributed by atoms with van der Waals surface area (Å²) in [6.45, 7) is 2.60. The highest BCUT2D eigenvalue weighted by molar-refractivity contribution is 7.52. The molecule has 0 radical (unpaired) electrons. The Morgan fingerprint density at radius 3 is 2.26 bits per heavy atom. The molecular weight excluding hydrogens is 386 g/mol. The minimum Gasteiger partial charge on any atom is -0.494 e. The van der Waals surface area contributed by atoms with Gasteiger partial charge in [-0.2, -0.15) is 5.10 Å². The summed E-state index contributed by atoms with van der Waals surface area (Å²) in [6, 6.07) is 14.9. The lowest BCUT2D eigenvalue weighted by molar-refractivity contribution is 0.275. The van der Waals surface area contributed by atoms with Crippen LogP contribution in [0.3, 0.4) is 0 Å². The molecule has 0 aliphatic carbocycles. The average molecular weight is 410 g/mol. The highest BCUT2D eigenvalue weighted by Crippen LogP contribution is 2.49. The van der Waals surface area contributed by atoms with Crippen molar-refractivity contribution in [3.8, 4) is 11.5 Å². The van der Waals surface area contributed by atoms with Crippen molar-refractivity contribution in [2.24, 2.45) is 5.10 Å². The molecule has 2 rings (SSSR count). The Bertz CT molecular complexity index is 758. The first-order valence-electron chi connectivity index (χ1n) is 8.31. The minimum atomic E-state index is -3.06. The van der Waals surface area contributed by atoms with Crippen LogP contribution in [0.4, 0.5) is 0 Å². The third-order valence-electron chi connectivity index (χ3n) is 3.54. The Kier molecular flexibility index (Phi) is 8.76. The number of benzene rings is 2. The lowest BCUT2D eigenvalue weighted by atomic mass is 10.2. The van der Waals surface area contributed by atoms with E-state index in [1.165, 1.54) is 14.2 Å². The van der Waals surface area contributed by atoms with Gasteiger partial charge in [0.25, 0.3) is 0 Å². The molecule has 0 saturated carbocycles. The van der Waals surface area contributed by atoms with Crippen LogP contribution in [0.25, 0.3) is 0 Å². The largest absolute Gasteiger partial charge is 0.494 e. The number of hydrogen-bond acceptors (Lipinski definition) is 7. The maximum Gasteiger partial charge on any atom is 0.334 e. The summed E-state index contributed by atoms with van der Waals surface area (Å²) in [5.41, 5.74) is 1.81. The van der Waals surface area contributed by atoms with Gasteiger partial charge in [0.15, 0.2) is 8.96 Å². The van der Waals surface area contributed by atoms with Crippen molar-refractivity contribution in [2.75, 3.05) is 20.8 Å². The molecule has 0 heterocycles. The molecule has 1 atom stereocenters. The van der Waals surface area contributed by atoms with Gasteiger partial charge in [-0.3, -0.25) is 9.76 Å². The van der Waals surface area contributed by atoms with Crippen LogP contribution in [-0.2, 0) is 19.8 Å². The zero-order valence-electron chi connectivity index (χ0n) is 15.5. The fraction of sp³-hybridized carbons (Fsp3) is 0.278. The standard InChI is InChI=1S/C18H24N2O5P2/c1-4-24-17-9-5-15(6-10-17)13-19-20-26-25-18-11-7-16(8-12-18)14-27(21,22-2)23-3/h5-13,20,26H,4,14H2,1-3H3/b19-13+. The van der Waals surface area contributed by atoms with Gasteiger partial charge in [0, 0.05) is 14.2 Å². The van der Waals surface area contributed by atoms with Crippen LogP contribution in [0.5, 0.6) is 11.5 Å². The lowest BCUT2D eigenvalue weighted by Crippen LogP contribution is -1.96. The summed E-state index contributed by atoms with van der Waals surface area (Å²) in [5, 5.41) is 6.97. The van der Waals surface area contributed by atoms with Crippen molar-refractivity contribution in [2.45, 2.75) is 13.1 Å². The highest BCUT2D eigenvalue weighted by atomic mass is 31.2. The molecule has 0 spiro atoms. The Balaban J connectivity index is 1.76. The van der Waals surface area contributed by atoms with Crippen LogP contribution in [0.2, 0.25) is 0 Å². The van der Waals surface area contributed by atoms with Crippen LogP contribution >= 0.6 is 16.6 Å². The molecule has 1 N–H and O–H groups in total. The lowest BCUT2D eigenvalue weighted by Gasteiger charge is -2.13. The first kappa shape index (κ1) is 21.4. The minimum absolute atomic E-state index is 0.0311.